The second kappa shape index (κ2) is 11.7. The van der Waals surface area contributed by atoms with Gasteiger partial charge in [-0.05, 0) is 39.3 Å². The van der Waals surface area contributed by atoms with Crippen LogP contribution in [-0.2, 0) is 11.2 Å². The molecule has 0 unspecified atom stereocenters. The van der Waals surface area contributed by atoms with Gasteiger partial charge in [0, 0.05) is 33.1 Å². The normalized spacial score (nSPS) is 11.6. The van der Waals surface area contributed by atoms with Crippen molar-refractivity contribution in [2.45, 2.75) is 39.2 Å². The average Bonchev–Trinajstić information content (AvgIpc) is 3.01. The molecule has 28 heavy (non-hydrogen) atoms. The van der Waals surface area contributed by atoms with Gasteiger partial charge in [-0.1, -0.05) is 12.1 Å². The van der Waals surface area contributed by atoms with E-state index in [1.807, 2.05) is 45.0 Å². The number of benzene rings is 1. The number of alkyl carbamates (subject to hydrolysis) is 1. The van der Waals surface area contributed by atoms with Crippen molar-refractivity contribution in [2.24, 2.45) is 4.99 Å². The molecule has 0 saturated heterocycles. The van der Waals surface area contributed by atoms with Gasteiger partial charge < -0.3 is 25.7 Å². The number of ether oxygens (including phenoxy) is 1. The Kier molecular flexibility index (Phi) is 10.0. The first-order valence-corrected chi connectivity index (χ1v) is 9.22. The predicted molar refractivity (Wildman–Crippen MR) is 123 cm³/mol. The van der Waals surface area contributed by atoms with Gasteiger partial charge >= 0.3 is 6.09 Å². The number of aliphatic imine (C=N–C) groups is 1. The zero-order valence-electron chi connectivity index (χ0n) is 17.0. The molecule has 1 amide bonds. The fourth-order valence-corrected chi connectivity index (χ4v) is 2.47. The zero-order chi connectivity index (χ0) is 19.7. The van der Waals surface area contributed by atoms with Crippen LogP contribution in [0.1, 0.15) is 33.0 Å². The number of hydrogen-bond donors (Lipinski definition) is 4. The first kappa shape index (κ1) is 24.0. The molecule has 0 aliphatic carbocycles. The number of imidazole rings is 1. The molecule has 0 aliphatic heterocycles. The Labute approximate surface area is 183 Å². The lowest BCUT2D eigenvalue weighted by Gasteiger charge is -2.19. The summed E-state index contributed by atoms with van der Waals surface area (Å²) in [5, 5.41) is 9.11. The molecule has 1 aromatic heterocycles. The molecule has 0 aliphatic rings. The number of halogens is 1. The van der Waals surface area contributed by atoms with Crippen LogP contribution in [0, 0.1) is 0 Å². The second-order valence-electron chi connectivity index (χ2n) is 7.16. The second-order valence-corrected chi connectivity index (χ2v) is 7.16. The standard InChI is InChI=1S/C19H30N6O2.HI/c1-19(2,3)27-18(26)23-13-12-22-17(20-4)21-11-7-10-16-24-14-8-5-6-9-15(14)25-16;/h5-6,8-9H,7,10-13H2,1-4H3,(H,23,26)(H,24,25)(H2,20,21,22);1H. The zero-order valence-corrected chi connectivity index (χ0v) is 19.3. The van der Waals surface area contributed by atoms with Gasteiger partial charge in [0.25, 0.3) is 0 Å². The first-order valence-electron chi connectivity index (χ1n) is 9.22. The summed E-state index contributed by atoms with van der Waals surface area (Å²) in [4.78, 5) is 23.6. The monoisotopic (exact) mass is 502 g/mol. The highest BCUT2D eigenvalue weighted by Crippen LogP contribution is 2.11. The smallest absolute Gasteiger partial charge is 0.407 e. The van der Waals surface area contributed by atoms with Crippen molar-refractivity contribution in [2.75, 3.05) is 26.7 Å². The van der Waals surface area contributed by atoms with Gasteiger partial charge in [-0.15, -0.1) is 24.0 Å². The highest BCUT2D eigenvalue weighted by molar-refractivity contribution is 14.0. The molecule has 0 saturated carbocycles. The molecule has 1 heterocycles. The third kappa shape index (κ3) is 8.77. The van der Waals surface area contributed by atoms with Crippen molar-refractivity contribution in [1.82, 2.24) is 25.9 Å². The van der Waals surface area contributed by atoms with Crippen LogP contribution in [0.3, 0.4) is 0 Å². The Balaban J connectivity index is 0.00000392. The van der Waals surface area contributed by atoms with Crippen LogP contribution >= 0.6 is 24.0 Å². The number of carbonyl (C=O) groups is 1. The number of H-pyrrole nitrogens is 1. The minimum atomic E-state index is -0.491. The van der Waals surface area contributed by atoms with E-state index in [2.05, 4.69) is 30.9 Å². The van der Waals surface area contributed by atoms with Gasteiger partial charge in [0.05, 0.1) is 11.0 Å². The maximum Gasteiger partial charge on any atom is 0.407 e. The van der Waals surface area contributed by atoms with Crippen molar-refractivity contribution >= 4 is 47.1 Å². The largest absolute Gasteiger partial charge is 0.444 e. The number of carbonyl (C=O) groups excluding carboxylic acids is 1. The molecule has 9 heteroatoms. The van der Waals surface area contributed by atoms with Gasteiger partial charge in [0.1, 0.15) is 11.4 Å². The van der Waals surface area contributed by atoms with E-state index in [1.54, 1.807) is 7.05 Å². The van der Waals surface area contributed by atoms with Crippen LogP contribution in [0.25, 0.3) is 11.0 Å². The van der Waals surface area contributed by atoms with Crippen molar-refractivity contribution in [3.8, 4) is 0 Å². The van der Waals surface area contributed by atoms with Crippen LogP contribution in [0.15, 0.2) is 29.3 Å². The maximum atomic E-state index is 11.6. The molecular weight excluding hydrogens is 471 g/mol. The highest BCUT2D eigenvalue weighted by atomic mass is 127. The van der Waals surface area contributed by atoms with Crippen molar-refractivity contribution in [3.05, 3.63) is 30.1 Å². The summed E-state index contributed by atoms with van der Waals surface area (Å²) >= 11 is 0. The highest BCUT2D eigenvalue weighted by Gasteiger charge is 2.15. The molecular formula is C19H31IN6O2. The van der Waals surface area contributed by atoms with Gasteiger partial charge in [0.15, 0.2) is 5.96 Å². The van der Waals surface area contributed by atoms with Crippen LogP contribution in [0.4, 0.5) is 4.79 Å². The average molecular weight is 502 g/mol. The lowest BCUT2D eigenvalue weighted by atomic mass is 10.2. The molecule has 2 rings (SSSR count). The molecule has 4 N–H and O–H groups in total. The topological polar surface area (TPSA) is 103 Å². The van der Waals surface area contributed by atoms with E-state index in [9.17, 15) is 4.79 Å². The van der Waals surface area contributed by atoms with E-state index in [0.717, 1.165) is 36.2 Å². The number of fused-ring (bicyclic) bond motifs is 1. The van der Waals surface area contributed by atoms with E-state index >= 15 is 0 Å². The molecule has 0 radical (unpaired) electrons. The van der Waals surface area contributed by atoms with Crippen LogP contribution in [0.2, 0.25) is 0 Å². The first-order chi connectivity index (χ1) is 12.9. The quantitative estimate of drug-likeness (QED) is 0.202. The maximum absolute atomic E-state index is 11.6. The number of para-hydroxylation sites is 2. The van der Waals surface area contributed by atoms with Gasteiger partial charge in [-0.3, -0.25) is 4.99 Å². The summed E-state index contributed by atoms with van der Waals surface area (Å²) in [6, 6.07) is 8.02. The fourth-order valence-electron chi connectivity index (χ4n) is 2.47. The molecule has 1 aromatic carbocycles. The summed E-state index contributed by atoms with van der Waals surface area (Å²) in [6.07, 6.45) is 1.37. The Morgan fingerprint density at radius 3 is 2.50 bits per heavy atom. The van der Waals surface area contributed by atoms with E-state index in [1.165, 1.54) is 0 Å². The van der Waals surface area contributed by atoms with Crippen LogP contribution in [-0.4, -0.2) is 54.3 Å². The van der Waals surface area contributed by atoms with Crippen LogP contribution in [0.5, 0.6) is 0 Å². The summed E-state index contributed by atoms with van der Waals surface area (Å²) in [5.41, 5.74) is 1.57. The van der Waals surface area contributed by atoms with Gasteiger partial charge in [0.2, 0.25) is 0 Å². The number of nitrogens with zero attached hydrogens (tertiary/aromatic N) is 2. The summed E-state index contributed by atoms with van der Waals surface area (Å²) in [6.45, 7) is 7.29. The molecule has 0 bridgehead atoms. The Morgan fingerprint density at radius 2 is 1.82 bits per heavy atom. The molecule has 0 spiro atoms. The Bertz CT molecular complexity index is 736. The third-order valence-corrected chi connectivity index (χ3v) is 3.63. The lowest BCUT2D eigenvalue weighted by Crippen LogP contribution is -2.42. The van der Waals surface area contributed by atoms with Crippen molar-refractivity contribution < 1.29 is 9.53 Å². The Morgan fingerprint density at radius 1 is 1.14 bits per heavy atom. The third-order valence-electron chi connectivity index (χ3n) is 3.63. The number of aromatic amines is 1. The summed E-state index contributed by atoms with van der Waals surface area (Å²) in [5.74, 6) is 1.69. The number of aryl methyl sites for hydroxylation is 1. The number of nitrogens with one attached hydrogen (secondary N) is 4. The number of aromatic nitrogens is 2. The predicted octanol–water partition coefficient (Wildman–Crippen LogP) is 2.80. The summed E-state index contributed by atoms with van der Waals surface area (Å²) < 4.78 is 5.18. The fraction of sp³-hybridized carbons (Fsp3) is 0.526. The van der Waals surface area contributed by atoms with Gasteiger partial charge in [-0.25, -0.2) is 9.78 Å². The SMILES string of the molecule is CN=C(NCCCc1nc2ccccc2[nH]1)NCCNC(=O)OC(C)(C)C.I. The van der Waals surface area contributed by atoms with Crippen LogP contribution < -0.4 is 16.0 Å². The van der Waals surface area contributed by atoms with E-state index in [0.29, 0.717) is 19.0 Å². The van der Waals surface area contributed by atoms with E-state index in [-0.39, 0.29) is 24.0 Å². The molecule has 8 nitrogen and oxygen atoms in total. The van der Waals surface area contributed by atoms with E-state index < -0.39 is 11.7 Å². The summed E-state index contributed by atoms with van der Waals surface area (Å²) in [7, 11) is 1.72. The number of hydrogen-bond acceptors (Lipinski definition) is 4. The molecule has 0 fully saturated rings. The van der Waals surface area contributed by atoms with Gasteiger partial charge in [-0.2, -0.15) is 0 Å². The molecule has 2 aromatic rings. The number of guanidine groups is 1. The minimum Gasteiger partial charge on any atom is -0.444 e. The van der Waals surface area contributed by atoms with E-state index in [4.69, 9.17) is 4.74 Å². The lowest BCUT2D eigenvalue weighted by molar-refractivity contribution is 0.0529. The van der Waals surface area contributed by atoms with Crippen molar-refractivity contribution in [1.29, 1.82) is 0 Å². The Hall–Kier alpha value is -2.04. The number of amides is 1. The number of rotatable bonds is 7. The minimum absolute atomic E-state index is 0. The molecule has 156 valence electrons. The van der Waals surface area contributed by atoms with Crippen molar-refractivity contribution in [3.63, 3.8) is 0 Å². The molecule has 0 atom stereocenters.